The summed E-state index contributed by atoms with van der Waals surface area (Å²) in [6.07, 6.45) is 1.23. The van der Waals surface area contributed by atoms with Gasteiger partial charge in [0.1, 0.15) is 16.8 Å². The molecule has 1 aliphatic rings. The number of nitrogens with zero attached hydrogens (tertiary/aromatic N) is 1. The first-order valence-electron chi connectivity index (χ1n) is 11.8. The van der Waals surface area contributed by atoms with E-state index < -0.39 is 29.2 Å². The molecule has 2 aromatic carbocycles. The second kappa shape index (κ2) is 9.87. The van der Waals surface area contributed by atoms with Crippen LogP contribution in [-0.4, -0.2) is 34.6 Å². The van der Waals surface area contributed by atoms with Gasteiger partial charge >= 0.3 is 12.0 Å². The van der Waals surface area contributed by atoms with Crippen LogP contribution in [-0.2, 0) is 16.0 Å². The third-order valence-corrected chi connectivity index (χ3v) is 6.18. The minimum atomic E-state index is -0.784. The molecule has 1 unspecified atom stereocenters. The smallest absolute Gasteiger partial charge is 0.338 e. The van der Waals surface area contributed by atoms with Gasteiger partial charge in [-0.25, -0.2) is 14.5 Å². The monoisotopic (exact) mass is 466 g/mol. The topological polar surface area (TPSA) is 84.9 Å². The zero-order chi connectivity index (χ0) is 25.1. The highest BCUT2D eigenvalue weighted by Crippen LogP contribution is 2.46. The van der Waals surface area contributed by atoms with Gasteiger partial charge < -0.3 is 14.8 Å². The van der Waals surface area contributed by atoms with Gasteiger partial charge in [-0.1, -0.05) is 32.9 Å². The molecular formula is C27H34N2O5. The Labute approximate surface area is 201 Å². The van der Waals surface area contributed by atoms with E-state index in [0.717, 1.165) is 16.9 Å². The summed E-state index contributed by atoms with van der Waals surface area (Å²) in [5.74, 6) is -0.221. The quantitative estimate of drug-likeness (QED) is 0.412. The average molecular weight is 467 g/mol. The normalized spacial score (nSPS) is 17.1. The number of esters is 1. The van der Waals surface area contributed by atoms with Crippen LogP contribution in [0.3, 0.4) is 0 Å². The predicted molar refractivity (Wildman–Crippen MR) is 131 cm³/mol. The second-order valence-electron chi connectivity index (χ2n) is 9.52. The van der Waals surface area contributed by atoms with Crippen molar-refractivity contribution in [2.45, 2.75) is 72.6 Å². The minimum Gasteiger partial charge on any atom is -0.469 e. The van der Waals surface area contributed by atoms with Gasteiger partial charge in [0.05, 0.1) is 5.56 Å². The lowest BCUT2D eigenvalue weighted by Gasteiger charge is -2.53. The molecular weight excluding hydrogens is 432 g/mol. The first-order valence-corrected chi connectivity index (χ1v) is 11.8. The number of β-lactam (4-membered cyclic amide) rings is 1. The number of ether oxygens (including phenoxy) is 2. The third kappa shape index (κ3) is 5.08. The molecule has 1 saturated heterocycles. The molecule has 0 aliphatic carbocycles. The summed E-state index contributed by atoms with van der Waals surface area (Å²) in [5.41, 5.74) is 0.790. The number of imide groups is 1. The van der Waals surface area contributed by atoms with E-state index in [9.17, 15) is 14.4 Å². The Morgan fingerprint density at radius 1 is 0.971 bits per heavy atom. The summed E-state index contributed by atoms with van der Waals surface area (Å²) in [6, 6.07) is 13.5. The fraction of sp³-hybridized carbons (Fsp3) is 0.444. The molecule has 3 rings (SSSR count). The first kappa shape index (κ1) is 25.3. The van der Waals surface area contributed by atoms with Crippen molar-refractivity contribution in [2.75, 3.05) is 5.32 Å². The highest BCUT2D eigenvalue weighted by atomic mass is 16.6. The number of carbonyl (C=O) groups is 3. The van der Waals surface area contributed by atoms with Crippen molar-refractivity contribution >= 4 is 23.6 Å². The van der Waals surface area contributed by atoms with Crippen molar-refractivity contribution in [3.05, 3.63) is 59.7 Å². The minimum absolute atomic E-state index is 0.254. The van der Waals surface area contributed by atoms with Gasteiger partial charge in [-0.05, 0) is 82.0 Å². The molecule has 0 aromatic heterocycles. The van der Waals surface area contributed by atoms with E-state index in [1.54, 1.807) is 24.3 Å². The molecule has 1 fully saturated rings. The molecule has 182 valence electrons. The number of amides is 3. The summed E-state index contributed by atoms with van der Waals surface area (Å²) < 4.78 is 11.5. The highest BCUT2D eigenvalue weighted by molar-refractivity contribution is 6.07. The third-order valence-electron chi connectivity index (χ3n) is 6.18. The standard InChI is InChI=1S/C27H34N2O5/c1-7-18-10-14-20(15-11-18)28-25(32)29-23(31)27(8-2,9-3)24(29)33-21-16-12-19(13-17-21)22(30)34-26(4,5)6/h10-17,24H,7-9H2,1-6H3,(H,28,32). The van der Waals surface area contributed by atoms with E-state index in [2.05, 4.69) is 12.2 Å². The summed E-state index contributed by atoms with van der Waals surface area (Å²) in [4.78, 5) is 39.5. The van der Waals surface area contributed by atoms with Crippen LogP contribution in [0, 0.1) is 5.41 Å². The fourth-order valence-corrected chi connectivity index (χ4v) is 4.04. The van der Waals surface area contributed by atoms with Gasteiger partial charge in [0.2, 0.25) is 5.91 Å². The van der Waals surface area contributed by atoms with Crippen LogP contribution in [0.5, 0.6) is 5.75 Å². The lowest BCUT2D eigenvalue weighted by atomic mass is 9.72. The summed E-state index contributed by atoms with van der Waals surface area (Å²) in [5, 5.41) is 2.80. The van der Waals surface area contributed by atoms with E-state index in [-0.39, 0.29) is 5.91 Å². The number of benzene rings is 2. The summed E-state index contributed by atoms with van der Waals surface area (Å²) >= 11 is 0. The SMILES string of the molecule is CCc1ccc(NC(=O)N2C(=O)C(CC)(CC)C2Oc2ccc(C(=O)OC(C)(C)C)cc2)cc1. The molecule has 1 aliphatic heterocycles. The predicted octanol–water partition coefficient (Wildman–Crippen LogP) is 5.79. The van der Waals surface area contributed by atoms with E-state index >= 15 is 0 Å². The molecule has 0 bridgehead atoms. The molecule has 2 aromatic rings. The number of carbonyl (C=O) groups excluding carboxylic acids is 3. The van der Waals surface area contributed by atoms with Crippen molar-refractivity contribution in [2.24, 2.45) is 5.41 Å². The lowest BCUT2D eigenvalue weighted by molar-refractivity contribution is -0.190. The highest BCUT2D eigenvalue weighted by Gasteiger charge is 2.62. The molecule has 0 saturated carbocycles. The maximum atomic E-state index is 13.1. The Bertz CT molecular complexity index is 1030. The maximum Gasteiger partial charge on any atom is 0.338 e. The molecule has 7 heteroatoms. The summed E-state index contributed by atoms with van der Waals surface area (Å²) in [7, 11) is 0. The Morgan fingerprint density at radius 2 is 1.56 bits per heavy atom. The molecule has 0 radical (unpaired) electrons. The lowest BCUT2D eigenvalue weighted by Crippen LogP contribution is -2.73. The molecule has 7 nitrogen and oxygen atoms in total. The molecule has 34 heavy (non-hydrogen) atoms. The number of rotatable bonds is 7. The summed E-state index contributed by atoms with van der Waals surface area (Å²) in [6.45, 7) is 11.3. The largest absolute Gasteiger partial charge is 0.469 e. The van der Waals surface area contributed by atoms with Gasteiger partial charge in [0.15, 0.2) is 6.23 Å². The van der Waals surface area contributed by atoms with Crippen LogP contribution < -0.4 is 10.1 Å². The second-order valence-corrected chi connectivity index (χ2v) is 9.52. The maximum absolute atomic E-state index is 13.1. The van der Waals surface area contributed by atoms with Crippen LogP contribution >= 0.6 is 0 Å². The van der Waals surface area contributed by atoms with Crippen LogP contribution in [0.25, 0.3) is 0 Å². The van der Waals surface area contributed by atoms with E-state index in [1.807, 2.05) is 58.9 Å². The van der Waals surface area contributed by atoms with Crippen LogP contribution in [0.2, 0.25) is 0 Å². The van der Waals surface area contributed by atoms with E-state index in [4.69, 9.17) is 9.47 Å². The van der Waals surface area contributed by atoms with Gasteiger partial charge in [0.25, 0.3) is 0 Å². The number of hydrogen-bond acceptors (Lipinski definition) is 5. The van der Waals surface area contributed by atoms with Crippen LogP contribution in [0.4, 0.5) is 10.5 Å². The Hall–Kier alpha value is -3.35. The van der Waals surface area contributed by atoms with Crippen LogP contribution in [0.15, 0.2) is 48.5 Å². The molecule has 1 heterocycles. The van der Waals surface area contributed by atoms with Crippen molar-refractivity contribution in [3.63, 3.8) is 0 Å². The van der Waals surface area contributed by atoms with E-state index in [1.165, 1.54) is 0 Å². The number of hydrogen-bond donors (Lipinski definition) is 1. The zero-order valence-corrected chi connectivity index (χ0v) is 20.8. The zero-order valence-electron chi connectivity index (χ0n) is 20.8. The van der Waals surface area contributed by atoms with Crippen molar-refractivity contribution in [3.8, 4) is 5.75 Å². The number of urea groups is 1. The van der Waals surface area contributed by atoms with Crippen LogP contribution in [0.1, 0.15) is 70.3 Å². The van der Waals surface area contributed by atoms with Crippen molar-refractivity contribution in [1.82, 2.24) is 4.90 Å². The molecule has 1 atom stereocenters. The Morgan fingerprint density at radius 3 is 2.06 bits per heavy atom. The van der Waals surface area contributed by atoms with Crippen molar-refractivity contribution < 1.29 is 23.9 Å². The number of aryl methyl sites for hydroxylation is 1. The average Bonchev–Trinajstić information content (AvgIpc) is 2.79. The van der Waals surface area contributed by atoms with E-state index in [0.29, 0.717) is 29.8 Å². The molecule has 1 N–H and O–H groups in total. The Kier molecular flexibility index (Phi) is 7.34. The van der Waals surface area contributed by atoms with Gasteiger partial charge in [-0.2, -0.15) is 0 Å². The Balaban J connectivity index is 1.77. The van der Waals surface area contributed by atoms with Gasteiger partial charge in [-0.15, -0.1) is 0 Å². The molecule has 0 spiro atoms. The molecule has 3 amide bonds. The fourth-order valence-electron chi connectivity index (χ4n) is 4.04. The van der Waals surface area contributed by atoms with Gasteiger partial charge in [0, 0.05) is 5.69 Å². The first-order chi connectivity index (χ1) is 16.0. The number of nitrogens with one attached hydrogen (secondary N) is 1. The van der Waals surface area contributed by atoms with Gasteiger partial charge in [-0.3, -0.25) is 4.79 Å². The number of likely N-dealkylation sites (tertiary alicyclic amines) is 1. The van der Waals surface area contributed by atoms with Crippen molar-refractivity contribution in [1.29, 1.82) is 0 Å². The number of anilines is 1.